The third-order valence-electron chi connectivity index (χ3n) is 2.78. The molecule has 1 aromatic heterocycles. The smallest absolute Gasteiger partial charge is 0.151 e. The molecule has 1 aromatic carbocycles. The van der Waals surface area contributed by atoms with Crippen molar-refractivity contribution in [3.05, 3.63) is 45.4 Å². The van der Waals surface area contributed by atoms with Crippen LogP contribution in [0.2, 0.25) is 10.0 Å². The Morgan fingerprint density at radius 2 is 1.71 bits per heavy atom. The van der Waals surface area contributed by atoms with Crippen molar-refractivity contribution >= 4 is 40.5 Å². The Morgan fingerprint density at radius 3 is 2.38 bits per heavy atom. The number of pyridine rings is 1. The van der Waals surface area contributed by atoms with Gasteiger partial charge >= 0.3 is 0 Å². The second-order valence-electron chi connectivity index (χ2n) is 4.39. The number of hydrogen-bond donors (Lipinski definition) is 2. The van der Waals surface area contributed by atoms with Gasteiger partial charge in [0.2, 0.25) is 0 Å². The van der Waals surface area contributed by atoms with E-state index < -0.39 is 11.6 Å². The number of halogens is 4. The summed E-state index contributed by atoms with van der Waals surface area (Å²) in [6.07, 6.45) is 0. The quantitative estimate of drug-likeness (QED) is 0.813. The highest BCUT2D eigenvalue weighted by Gasteiger charge is 2.13. The topological polar surface area (TPSA) is 37.0 Å². The van der Waals surface area contributed by atoms with Crippen LogP contribution in [0.4, 0.5) is 26.1 Å². The average Bonchev–Trinajstić information content (AvgIpc) is 2.41. The van der Waals surface area contributed by atoms with E-state index in [1.807, 2.05) is 6.92 Å². The van der Waals surface area contributed by atoms with Crippen molar-refractivity contribution in [1.82, 2.24) is 4.98 Å². The fourth-order valence-electron chi connectivity index (χ4n) is 1.72. The zero-order valence-corrected chi connectivity index (χ0v) is 12.9. The second kappa shape index (κ2) is 6.45. The zero-order valence-electron chi connectivity index (χ0n) is 11.4. The Hall–Kier alpha value is -1.59. The Labute approximate surface area is 131 Å². The van der Waals surface area contributed by atoms with Crippen LogP contribution in [0, 0.1) is 18.6 Å². The summed E-state index contributed by atoms with van der Waals surface area (Å²) in [7, 11) is 0. The van der Waals surface area contributed by atoms with Gasteiger partial charge in [-0.2, -0.15) is 0 Å². The van der Waals surface area contributed by atoms with E-state index in [9.17, 15) is 8.78 Å². The first-order chi connectivity index (χ1) is 9.92. The maximum Gasteiger partial charge on any atom is 0.151 e. The molecule has 0 bridgehead atoms. The fraction of sp³-hybridized carbons (Fsp3) is 0.214. The third kappa shape index (κ3) is 3.54. The summed E-state index contributed by atoms with van der Waals surface area (Å²) >= 11 is 12.0. The highest BCUT2D eigenvalue weighted by atomic mass is 35.5. The van der Waals surface area contributed by atoms with Gasteiger partial charge in [-0.3, -0.25) is 0 Å². The van der Waals surface area contributed by atoms with E-state index in [0.717, 1.165) is 12.1 Å². The van der Waals surface area contributed by atoms with E-state index in [2.05, 4.69) is 15.6 Å². The highest BCUT2D eigenvalue weighted by Crippen LogP contribution is 2.32. The molecule has 0 aliphatic carbocycles. The molecule has 1 heterocycles. The maximum atomic E-state index is 13.8. The van der Waals surface area contributed by atoms with Gasteiger partial charge in [-0.25, -0.2) is 13.8 Å². The predicted molar refractivity (Wildman–Crippen MR) is 82.8 cm³/mol. The highest BCUT2D eigenvalue weighted by molar-refractivity contribution is 6.37. The molecule has 0 unspecified atom stereocenters. The van der Waals surface area contributed by atoms with Gasteiger partial charge in [0, 0.05) is 12.6 Å². The van der Waals surface area contributed by atoms with Crippen molar-refractivity contribution in [3.8, 4) is 0 Å². The molecule has 0 fully saturated rings. The lowest BCUT2D eigenvalue weighted by Crippen LogP contribution is -2.04. The van der Waals surface area contributed by atoms with Crippen molar-refractivity contribution < 1.29 is 8.78 Å². The van der Waals surface area contributed by atoms with Crippen molar-refractivity contribution in [3.63, 3.8) is 0 Å². The molecule has 2 aromatic rings. The Balaban J connectivity index is 2.39. The number of hydrogen-bond acceptors (Lipinski definition) is 3. The van der Waals surface area contributed by atoms with Crippen LogP contribution in [0.25, 0.3) is 0 Å². The van der Waals surface area contributed by atoms with E-state index >= 15 is 0 Å². The van der Waals surface area contributed by atoms with Crippen LogP contribution < -0.4 is 10.6 Å². The van der Waals surface area contributed by atoms with E-state index in [4.69, 9.17) is 23.2 Å². The molecule has 7 heteroatoms. The largest absolute Gasteiger partial charge is 0.369 e. The molecule has 0 saturated heterocycles. The Bertz CT molecular complexity index is 678. The molecule has 0 saturated carbocycles. The lowest BCUT2D eigenvalue weighted by atomic mass is 10.2. The molecule has 2 rings (SSSR count). The van der Waals surface area contributed by atoms with Gasteiger partial charge in [0.1, 0.15) is 17.5 Å². The first-order valence-corrected chi connectivity index (χ1v) is 7.00. The van der Waals surface area contributed by atoms with Gasteiger partial charge in [-0.1, -0.05) is 23.2 Å². The van der Waals surface area contributed by atoms with Gasteiger partial charge in [0.25, 0.3) is 0 Å². The maximum absolute atomic E-state index is 13.8. The first kappa shape index (κ1) is 15.8. The Morgan fingerprint density at radius 1 is 1.05 bits per heavy atom. The third-order valence-corrected chi connectivity index (χ3v) is 3.35. The molecule has 0 aliphatic heterocycles. The van der Waals surface area contributed by atoms with Crippen molar-refractivity contribution in [1.29, 1.82) is 0 Å². The minimum Gasteiger partial charge on any atom is -0.369 e. The number of nitrogens with zero attached hydrogens (tertiary/aromatic N) is 1. The minimum atomic E-state index is -0.591. The van der Waals surface area contributed by atoms with Crippen LogP contribution in [0.5, 0.6) is 0 Å². The first-order valence-electron chi connectivity index (χ1n) is 6.25. The number of aromatic nitrogens is 1. The molecule has 0 aliphatic rings. The number of anilines is 3. The summed E-state index contributed by atoms with van der Waals surface area (Å²) in [6, 6.07) is 3.65. The SMILES string of the molecule is CCNc1nc(Nc2cc(F)c(C)cc2F)c(Cl)cc1Cl. The summed E-state index contributed by atoms with van der Waals surface area (Å²) in [6.45, 7) is 3.98. The standard InChI is InChI=1S/C14H13Cl2F2N3/c1-3-19-13-8(15)5-9(16)14(21-13)20-12-6-10(17)7(2)4-11(12)18/h4-6H,3H2,1-2H3,(H2,19,20,21). The molecule has 21 heavy (non-hydrogen) atoms. The molecule has 0 atom stereocenters. The molecule has 0 amide bonds. The molecule has 0 radical (unpaired) electrons. The van der Waals surface area contributed by atoms with E-state index in [1.54, 1.807) is 0 Å². The number of rotatable bonds is 4. The normalized spacial score (nSPS) is 10.6. The van der Waals surface area contributed by atoms with Crippen LogP contribution in [0.3, 0.4) is 0 Å². The molecular formula is C14H13Cl2F2N3. The summed E-state index contributed by atoms with van der Waals surface area (Å²) < 4.78 is 27.4. The van der Waals surface area contributed by atoms with Crippen molar-refractivity contribution in [2.75, 3.05) is 17.2 Å². The van der Waals surface area contributed by atoms with Crippen LogP contribution in [0.1, 0.15) is 12.5 Å². The minimum absolute atomic E-state index is 0.0442. The van der Waals surface area contributed by atoms with Gasteiger partial charge in [0.15, 0.2) is 5.82 Å². The molecule has 0 spiro atoms. The second-order valence-corrected chi connectivity index (χ2v) is 5.20. The summed E-state index contributed by atoms with van der Waals surface area (Å²) in [5.41, 5.74) is 0.179. The van der Waals surface area contributed by atoms with Crippen LogP contribution in [-0.4, -0.2) is 11.5 Å². The van der Waals surface area contributed by atoms with Crippen molar-refractivity contribution in [2.45, 2.75) is 13.8 Å². The van der Waals surface area contributed by atoms with E-state index in [0.29, 0.717) is 17.4 Å². The molecular weight excluding hydrogens is 319 g/mol. The van der Waals surface area contributed by atoms with Gasteiger partial charge in [0.05, 0.1) is 15.7 Å². The Kier molecular flexibility index (Phi) is 4.85. The summed E-state index contributed by atoms with van der Waals surface area (Å²) in [5.74, 6) is -0.499. The molecule has 3 nitrogen and oxygen atoms in total. The molecule has 2 N–H and O–H groups in total. The van der Waals surface area contributed by atoms with E-state index in [-0.39, 0.29) is 22.1 Å². The van der Waals surface area contributed by atoms with Gasteiger partial charge in [-0.05, 0) is 31.5 Å². The van der Waals surface area contributed by atoms with Gasteiger partial charge in [-0.15, -0.1) is 0 Å². The van der Waals surface area contributed by atoms with E-state index in [1.165, 1.54) is 13.0 Å². The zero-order chi connectivity index (χ0) is 15.6. The van der Waals surface area contributed by atoms with Crippen LogP contribution in [0.15, 0.2) is 18.2 Å². The summed E-state index contributed by atoms with van der Waals surface area (Å²) in [5, 5.41) is 6.19. The van der Waals surface area contributed by atoms with Crippen LogP contribution in [-0.2, 0) is 0 Å². The average molecular weight is 332 g/mol. The van der Waals surface area contributed by atoms with Gasteiger partial charge < -0.3 is 10.6 Å². The van der Waals surface area contributed by atoms with Crippen LogP contribution >= 0.6 is 23.2 Å². The van der Waals surface area contributed by atoms with Crippen molar-refractivity contribution in [2.24, 2.45) is 0 Å². The monoisotopic (exact) mass is 331 g/mol. The summed E-state index contributed by atoms with van der Waals surface area (Å²) in [4.78, 5) is 4.17. The predicted octanol–water partition coefficient (Wildman–Crippen LogP) is 5.15. The fourth-order valence-corrected chi connectivity index (χ4v) is 2.19. The number of aryl methyl sites for hydroxylation is 1. The molecule has 112 valence electrons. The number of nitrogens with one attached hydrogen (secondary N) is 2. The lowest BCUT2D eigenvalue weighted by Gasteiger charge is -2.12. The number of benzene rings is 1. The lowest BCUT2D eigenvalue weighted by molar-refractivity contribution is 0.595.